The van der Waals surface area contributed by atoms with Gasteiger partial charge in [-0.1, -0.05) is 51.9 Å². The number of unbranched alkanes of at least 4 members (excludes halogenated alkanes) is 7. The van der Waals surface area contributed by atoms with Crippen molar-refractivity contribution in [3.63, 3.8) is 0 Å². The van der Waals surface area contributed by atoms with Gasteiger partial charge < -0.3 is 4.74 Å². The molecule has 0 heterocycles. The van der Waals surface area contributed by atoms with Crippen molar-refractivity contribution >= 4 is 0 Å². The summed E-state index contributed by atoms with van der Waals surface area (Å²) in [7, 11) is 0. The molecule has 1 atom stereocenters. The van der Waals surface area contributed by atoms with Crippen LogP contribution in [-0.4, -0.2) is 66.3 Å². The highest BCUT2D eigenvalue weighted by atomic mass is 19.4. The zero-order chi connectivity index (χ0) is 34.1. The Morgan fingerprint density at radius 3 is 0.929 bits per heavy atom. The van der Waals surface area contributed by atoms with Gasteiger partial charge in [-0.05, 0) is 6.42 Å². The Hall–Kier alpha value is -1.51. The third-order valence-electron chi connectivity index (χ3n) is 5.79. The fourth-order valence-corrected chi connectivity index (χ4v) is 3.17. The first-order valence-electron chi connectivity index (χ1n) is 11.4. The van der Waals surface area contributed by atoms with Gasteiger partial charge >= 0.3 is 59.7 Å². The SMILES string of the molecule is CCCCCCCCCCOC(F)(C(F)(F)F)C(F)(F)C(F)(F)C(F)(F)C(F)(F)C(F)(F)C(F)(F)C(F)(F)C(F)(F)F. The highest BCUT2D eigenvalue weighted by Gasteiger charge is 2.98. The zero-order valence-electron chi connectivity index (χ0n) is 20.7. The Kier molecular flexibility index (Phi) is 12.0. The smallest absolute Gasteiger partial charge is 0.334 e. The lowest BCUT2D eigenvalue weighted by molar-refractivity contribution is -0.489. The summed E-state index contributed by atoms with van der Waals surface area (Å²) in [5.74, 6) is -69.4. The molecule has 0 bridgehead atoms. The summed E-state index contributed by atoms with van der Waals surface area (Å²) in [4.78, 5) is 0. The number of alkyl halides is 21. The van der Waals surface area contributed by atoms with Crippen LogP contribution in [0.2, 0.25) is 0 Å². The third kappa shape index (κ3) is 6.46. The van der Waals surface area contributed by atoms with E-state index in [1.807, 2.05) is 6.92 Å². The van der Waals surface area contributed by atoms with Crippen LogP contribution in [0.4, 0.5) is 92.2 Å². The molecule has 0 spiro atoms. The Labute approximate surface area is 222 Å². The van der Waals surface area contributed by atoms with Crippen LogP contribution in [0, 0.1) is 0 Å². The van der Waals surface area contributed by atoms with Crippen LogP contribution in [-0.2, 0) is 4.74 Å². The standard InChI is InChI=1S/C20H21F21O/c1-2-3-4-5-6-7-8-9-10-42-18(35,20(39,40)41)16(31,32)14(27,28)12(23,24)11(21,22)13(25,26)15(29,30)17(33,34)19(36,37)38/h2-10H2,1H3. The second-order valence-electron chi connectivity index (χ2n) is 8.93. The molecule has 22 heteroatoms. The van der Waals surface area contributed by atoms with E-state index in [0.717, 1.165) is 12.8 Å². The van der Waals surface area contributed by atoms with Crippen LogP contribution in [0.1, 0.15) is 58.3 Å². The normalized spacial score (nSPS) is 17.0. The lowest BCUT2D eigenvalue weighted by atomic mass is 9.87. The van der Waals surface area contributed by atoms with Gasteiger partial charge in [-0.25, -0.2) is 0 Å². The Morgan fingerprint density at radius 1 is 0.333 bits per heavy atom. The molecule has 1 unspecified atom stereocenters. The maximum Gasteiger partial charge on any atom is 0.460 e. The summed E-state index contributed by atoms with van der Waals surface area (Å²) in [6, 6.07) is 0. The molecular formula is C20H21F21O. The molecule has 0 aromatic rings. The fourth-order valence-electron chi connectivity index (χ4n) is 3.17. The van der Waals surface area contributed by atoms with Crippen LogP contribution >= 0.6 is 0 Å². The van der Waals surface area contributed by atoms with E-state index in [2.05, 4.69) is 4.74 Å². The minimum atomic E-state index is -9.14. The van der Waals surface area contributed by atoms with E-state index in [-0.39, 0.29) is 12.8 Å². The highest BCUT2D eigenvalue weighted by Crippen LogP contribution is 2.66. The maximum atomic E-state index is 14.3. The van der Waals surface area contributed by atoms with E-state index in [9.17, 15) is 92.2 Å². The van der Waals surface area contributed by atoms with Gasteiger partial charge in [0.1, 0.15) is 0 Å². The van der Waals surface area contributed by atoms with E-state index in [1.54, 1.807) is 0 Å². The predicted molar refractivity (Wildman–Crippen MR) is 99.1 cm³/mol. The molecule has 0 aliphatic carbocycles. The molecule has 0 fully saturated rings. The summed E-state index contributed by atoms with van der Waals surface area (Å²) in [5.41, 5.74) is 0. The molecule has 0 aromatic carbocycles. The fraction of sp³-hybridized carbons (Fsp3) is 1.00. The number of hydrogen-bond donors (Lipinski definition) is 0. The van der Waals surface area contributed by atoms with Crippen molar-refractivity contribution in [3.8, 4) is 0 Å². The largest absolute Gasteiger partial charge is 0.460 e. The molecule has 0 N–H and O–H groups in total. The number of halogens is 21. The Bertz CT molecular complexity index is 859. The lowest BCUT2D eigenvalue weighted by Crippen LogP contribution is -2.77. The molecule has 0 radical (unpaired) electrons. The topological polar surface area (TPSA) is 9.23 Å². The highest BCUT2D eigenvalue weighted by molar-refractivity contribution is 5.17. The monoisotopic (exact) mass is 676 g/mol. The Morgan fingerprint density at radius 2 is 0.619 bits per heavy atom. The first-order valence-corrected chi connectivity index (χ1v) is 11.4. The minimum absolute atomic E-state index is 0.0844. The molecule has 0 saturated carbocycles. The average molecular weight is 676 g/mol. The zero-order valence-corrected chi connectivity index (χ0v) is 20.7. The van der Waals surface area contributed by atoms with Crippen molar-refractivity contribution in [1.82, 2.24) is 0 Å². The number of ether oxygens (including phenoxy) is 1. The minimum Gasteiger partial charge on any atom is -0.334 e. The van der Waals surface area contributed by atoms with E-state index >= 15 is 0 Å². The second-order valence-corrected chi connectivity index (χ2v) is 8.93. The van der Waals surface area contributed by atoms with Crippen molar-refractivity contribution in [2.24, 2.45) is 0 Å². The summed E-state index contributed by atoms with van der Waals surface area (Å²) >= 11 is 0. The predicted octanol–water partition coefficient (Wildman–Crippen LogP) is 10.4. The molecular weight excluding hydrogens is 655 g/mol. The molecule has 0 amide bonds. The van der Waals surface area contributed by atoms with Crippen LogP contribution in [0.15, 0.2) is 0 Å². The molecule has 0 rings (SSSR count). The van der Waals surface area contributed by atoms with Crippen LogP contribution in [0.25, 0.3) is 0 Å². The Balaban J connectivity index is 6.46. The second kappa shape index (κ2) is 12.5. The van der Waals surface area contributed by atoms with Gasteiger partial charge in [0.15, 0.2) is 0 Å². The lowest BCUT2D eigenvalue weighted by Gasteiger charge is -2.45. The summed E-state index contributed by atoms with van der Waals surface area (Å²) in [5, 5.41) is 0. The van der Waals surface area contributed by atoms with Crippen LogP contribution in [0.3, 0.4) is 0 Å². The molecule has 0 aliphatic rings. The summed E-state index contributed by atoms with van der Waals surface area (Å²) in [6.45, 7) is -0.157. The van der Waals surface area contributed by atoms with Crippen molar-refractivity contribution < 1.29 is 96.9 Å². The summed E-state index contributed by atoms with van der Waals surface area (Å²) < 4.78 is 283. The molecule has 0 saturated heterocycles. The average Bonchev–Trinajstić information content (AvgIpc) is 2.80. The van der Waals surface area contributed by atoms with Gasteiger partial charge in [-0.3, -0.25) is 0 Å². The van der Waals surface area contributed by atoms with Gasteiger partial charge in [0.2, 0.25) is 0 Å². The number of hydrogen-bond acceptors (Lipinski definition) is 1. The van der Waals surface area contributed by atoms with E-state index in [0.29, 0.717) is 19.3 Å². The molecule has 0 aliphatic heterocycles. The summed E-state index contributed by atoms with van der Waals surface area (Å²) in [6.07, 6.45) is -13.6. The van der Waals surface area contributed by atoms with Gasteiger partial charge in [0.25, 0.3) is 0 Å². The quantitative estimate of drug-likeness (QED) is 0.110. The number of rotatable bonds is 17. The van der Waals surface area contributed by atoms with E-state index in [1.165, 1.54) is 0 Å². The third-order valence-corrected chi connectivity index (χ3v) is 5.79. The van der Waals surface area contributed by atoms with Crippen LogP contribution in [0.5, 0.6) is 0 Å². The molecule has 42 heavy (non-hydrogen) atoms. The molecule has 1 nitrogen and oxygen atoms in total. The van der Waals surface area contributed by atoms with Gasteiger partial charge in [0.05, 0.1) is 6.61 Å². The van der Waals surface area contributed by atoms with E-state index < -0.39 is 72.7 Å². The van der Waals surface area contributed by atoms with Gasteiger partial charge in [0, 0.05) is 0 Å². The van der Waals surface area contributed by atoms with Crippen LogP contribution < -0.4 is 0 Å². The first kappa shape index (κ1) is 40.5. The van der Waals surface area contributed by atoms with Crippen molar-refractivity contribution in [1.29, 1.82) is 0 Å². The van der Waals surface area contributed by atoms with Gasteiger partial charge in [-0.2, -0.15) is 92.2 Å². The maximum absolute atomic E-state index is 14.3. The molecule has 0 aromatic heterocycles. The first-order chi connectivity index (χ1) is 18.3. The van der Waals surface area contributed by atoms with Gasteiger partial charge in [-0.15, -0.1) is 0 Å². The van der Waals surface area contributed by atoms with Crippen molar-refractivity contribution in [2.45, 2.75) is 118 Å². The van der Waals surface area contributed by atoms with Crippen molar-refractivity contribution in [2.75, 3.05) is 6.61 Å². The van der Waals surface area contributed by atoms with E-state index in [4.69, 9.17) is 0 Å². The molecule has 254 valence electrons. The van der Waals surface area contributed by atoms with Crippen molar-refractivity contribution in [3.05, 3.63) is 0 Å².